The lowest BCUT2D eigenvalue weighted by Gasteiger charge is -2.41. The van der Waals surface area contributed by atoms with E-state index >= 15 is 0 Å². The van der Waals surface area contributed by atoms with Crippen molar-refractivity contribution in [1.82, 2.24) is 5.32 Å². The number of hydrogen-bond acceptors (Lipinski definition) is 5. The first-order valence-corrected chi connectivity index (χ1v) is 6.99. The van der Waals surface area contributed by atoms with Crippen LogP contribution in [0.3, 0.4) is 0 Å². The van der Waals surface area contributed by atoms with E-state index in [0.29, 0.717) is 23.2 Å². The summed E-state index contributed by atoms with van der Waals surface area (Å²) in [6, 6.07) is 5.81. The van der Waals surface area contributed by atoms with Crippen LogP contribution in [0, 0.1) is 5.92 Å². The molecule has 1 aromatic carbocycles. The fourth-order valence-corrected chi connectivity index (χ4v) is 2.70. The molecule has 0 aromatic heterocycles. The van der Waals surface area contributed by atoms with E-state index in [1.807, 2.05) is 12.1 Å². The molecule has 1 aliphatic rings. The predicted octanol–water partition coefficient (Wildman–Crippen LogP) is 1.49. The van der Waals surface area contributed by atoms with Gasteiger partial charge in [-0.15, -0.1) is 0 Å². The van der Waals surface area contributed by atoms with Crippen molar-refractivity contribution in [2.24, 2.45) is 5.92 Å². The Bertz CT molecular complexity index is 488. The van der Waals surface area contributed by atoms with Gasteiger partial charge in [0.15, 0.2) is 0 Å². The van der Waals surface area contributed by atoms with Crippen molar-refractivity contribution in [2.45, 2.75) is 19.9 Å². The van der Waals surface area contributed by atoms with Gasteiger partial charge in [0.2, 0.25) is 0 Å². The van der Waals surface area contributed by atoms with Crippen LogP contribution in [0.4, 0.5) is 11.4 Å². The van der Waals surface area contributed by atoms with Crippen LogP contribution in [0.25, 0.3) is 0 Å². The van der Waals surface area contributed by atoms with Crippen LogP contribution in [0.2, 0.25) is 0 Å². The van der Waals surface area contributed by atoms with E-state index < -0.39 is 0 Å². The van der Waals surface area contributed by atoms with Gasteiger partial charge in [0.05, 0.1) is 18.4 Å². The van der Waals surface area contributed by atoms with Crippen molar-refractivity contribution in [1.29, 1.82) is 0 Å². The number of ether oxygens (including phenoxy) is 1. The summed E-state index contributed by atoms with van der Waals surface area (Å²) in [6.45, 7) is 7.09. The fourth-order valence-electron chi connectivity index (χ4n) is 2.70. The zero-order valence-corrected chi connectivity index (χ0v) is 12.3. The Hall–Kier alpha value is -1.75. The summed E-state index contributed by atoms with van der Waals surface area (Å²) in [5.41, 5.74) is 7.83. The average Bonchev–Trinajstić information content (AvgIpc) is 2.46. The van der Waals surface area contributed by atoms with E-state index in [-0.39, 0.29) is 5.97 Å². The highest BCUT2D eigenvalue weighted by atomic mass is 16.5. The highest BCUT2D eigenvalue weighted by Crippen LogP contribution is 2.28. The molecule has 110 valence electrons. The Morgan fingerprint density at radius 2 is 2.25 bits per heavy atom. The number of esters is 1. The predicted molar refractivity (Wildman–Crippen MR) is 81.0 cm³/mol. The third kappa shape index (κ3) is 2.88. The number of nitrogens with one attached hydrogen (secondary N) is 1. The van der Waals surface area contributed by atoms with Crippen LogP contribution in [0.15, 0.2) is 18.2 Å². The minimum absolute atomic E-state index is 0.340. The molecule has 1 heterocycles. The number of hydrogen-bond donors (Lipinski definition) is 2. The van der Waals surface area contributed by atoms with Crippen molar-refractivity contribution in [2.75, 3.05) is 37.4 Å². The number of nitrogens with zero attached hydrogens (tertiary/aromatic N) is 1. The first-order chi connectivity index (χ1) is 9.54. The lowest BCUT2D eigenvalue weighted by atomic mass is 9.98. The smallest absolute Gasteiger partial charge is 0.340 e. The third-order valence-electron chi connectivity index (χ3n) is 3.79. The molecule has 3 N–H and O–H groups in total. The van der Waals surface area contributed by atoms with Gasteiger partial charge in [-0.05, 0) is 24.1 Å². The third-order valence-corrected chi connectivity index (χ3v) is 3.79. The van der Waals surface area contributed by atoms with Gasteiger partial charge in [0.25, 0.3) is 0 Å². The summed E-state index contributed by atoms with van der Waals surface area (Å²) >= 11 is 0. The van der Waals surface area contributed by atoms with E-state index in [4.69, 9.17) is 10.5 Å². The SMILES string of the molecule is COC(=O)c1cc(N)ccc1N1CCNC[C@@H]1C(C)C. The van der Waals surface area contributed by atoms with Gasteiger partial charge in [0, 0.05) is 31.4 Å². The van der Waals surface area contributed by atoms with Crippen LogP contribution in [-0.4, -0.2) is 38.8 Å². The zero-order chi connectivity index (χ0) is 14.7. The molecule has 1 aliphatic heterocycles. The second kappa shape index (κ2) is 6.13. The number of nitrogens with two attached hydrogens (primary N) is 1. The van der Waals surface area contributed by atoms with Crippen molar-refractivity contribution < 1.29 is 9.53 Å². The highest BCUT2D eigenvalue weighted by molar-refractivity contribution is 5.97. The molecule has 1 fully saturated rings. The molecule has 0 bridgehead atoms. The van der Waals surface area contributed by atoms with Gasteiger partial charge in [-0.3, -0.25) is 0 Å². The number of carbonyl (C=O) groups is 1. The average molecular weight is 277 g/mol. The molecule has 1 saturated heterocycles. The van der Waals surface area contributed by atoms with E-state index in [1.165, 1.54) is 7.11 Å². The number of anilines is 2. The molecule has 0 spiro atoms. The van der Waals surface area contributed by atoms with Gasteiger partial charge >= 0.3 is 5.97 Å². The first-order valence-electron chi connectivity index (χ1n) is 6.99. The van der Waals surface area contributed by atoms with E-state index in [9.17, 15) is 4.79 Å². The minimum Gasteiger partial charge on any atom is -0.465 e. The second-order valence-electron chi connectivity index (χ2n) is 5.48. The summed E-state index contributed by atoms with van der Waals surface area (Å²) in [5, 5.41) is 3.41. The van der Waals surface area contributed by atoms with E-state index in [1.54, 1.807) is 6.07 Å². The first kappa shape index (κ1) is 14.7. The lowest BCUT2D eigenvalue weighted by Crippen LogP contribution is -2.54. The largest absolute Gasteiger partial charge is 0.465 e. The molecule has 2 rings (SSSR count). The van der Waals surface area contributed by atoms with Crippen LogP contribution < -0.4 is 16.0 Å². The van der Waals surface area contributed by atoms with Gasteiger partial charge < -0.3 is 20.7 Å². The zero-order valence-electron chi connectivity index (χ0n) is 12.3. The number of methoxy groups -OCH3 is 1. The fraction of sp³-hybridized carbons (Fsp3) is 0.533. The number of benzene rings is 1. The normalized spacial score (nSPS) is 19.2. The molecular formula is C15H23N3O2. The van der Waals surface area contributed by atoms with Crippen LogP contribution >= 0.6 is 0 Å². The van der Waals surface area contributed by atoms with Crippen molar-refractivity contribution in [3.63, 3.8) is 0 Å². The van der Waals surface area contributed by atoms with Crippen molar-refractivity contribution in [3.05, 3.63) is 23.8 Å². The lowest BCUT2D eigenvalue weighted by molar-refractivity contribution is 0.0601. The summed E-state index contributed by atoms with van der Waals surface area (Å²) in [7, 11) is 1.40. The Labute approximate surface area is 120 Å². The Morgan fingerprint density at radius 3 is 2.90 bits per heavy atom. The molecule has 5 nitrogen and oxygen atoms in total. The number of carbonyl (C=O) groups excluding carboxylic acids is 1. The maximum atomic E-state index is 12.0. The Kier molecular flexibility index (Phi) is 4.49. The quantitative estimate of drug-likeness (QED) is 0.647. The summed E-state index contributed by atoms with van der Waals surface area (Å²) in [6.07, 6.45) is 0. The van der Waals surface area contributed by atoms with Crippen LogP contribution in [0.1, 0.15) is 24.2 Å². The van der Waals surface area contributed by atoms with Crippen molar-refractivity contribution in [3.8, 4) is 0 Å². The summed E-state index contributed by atoms with van der Waals surface area (Å²) < 4.78 is 4.88. The van der Waals surface area contributed by atoms with Gasteiger partial charge in [-0.1, -0.05) is 13.8 Å². The number of piperazine rings is 1. The second-order valence-corrected chi connectivity index (χ2v) is 5.48. The number of rotatable bonds is 3. The van der Waals surface area contributed by atoms with Crippen molar-refractivity contribution >= 4 is 17.3 Å². The van der Waals surface area contributed by atoms with E-state index in [2.05, 4.69) is 24.1 Å². The molecular weight excluding hydrogens is 254 g/mol. The topological polar surface area (TPSA) is 67.6 Å². The van der Waals surface area contributed by atoms with Gasteiger partial charge in [0.1, 0.15) is 0 Å². The molecule has 0 unspecified atom stereocenters. The molecule has 0 amide bonds. The summed E-state index contributed by atoms with van der Waals surface area (Å²) in [4.78, 5) is 14.3. The summed E-state index contributed by atoms with van der Waals surface area (Å²) in [5.74, 6) is 0.152. The van der Waals surface area contributed by atoms with E-state index in [0.717, 1.165) is 25.3 Å². The van der Waals surface area contributed by atoms with Gasteiger partial charge in [-0.25, -0.2) is 4.79 Å². The molecule has 0 saturated carbocycles. The maximum Gasteiger partial charge on any atom is 0.340 e. The van der Waals surface area contributed by atoms with Crippen LogP contribution in [-0.2, 0) is 4.74 Å². The van der Waals surface area contributed by atoms with Gasteiger partial charge in [-0.2, -0.15) is 0 Å². The molecule has 20 heavy (non-hydrogen) atoms. The molecule has 1 aromatic rings. The molecule has 1 atom stereocenters. The van der Waals surface area contributed by atoms with Crippen LogP contribution in [0.5, 0.6) is 0 Å². The standard InChI is InChI=1S/C15H23N3O2/c1-10(2)14-9-17-6-7-18(14)13-5-4-11(16)8-12(13)15(19)20-3/h4-5,8,10,14,17H,6-7,9,16H2,1-3H3/t14-/m1/s1. The maximum absolute atomic E-state index is 12.0. The highest BCUT2D eigenvalue weighted by Gasteiger charge is 2.28. The molecule has 5 heteroatoms. The monoisotopic (exact) mass is 277 g/mol. The Morgan fingerprint density at radius 1 is 1.50 bits per heavy atom. The Balaban J connectivity index is 2.41. The minimum atomic E-state index is -0.340. The number of nitrogen functional groups attached to an aromatic ring is 1. The molecule has 0 radical (unpaired) electrons. The molecule has 0 aliphatic carbocycles.